The molecule has 18 heavy (non-hydrogen) atoms. The minimum atomic E-state index is 0.933. The summed E-state index contributed by atoms with van der Waals surface area (Å²) in [5, 5.41) is 0. The van der Waals surface area contributed by atoms with Crippen molar-refractivity contribution in [3.05, 3.63) is 0 Å². The van der Waals surface area contributed by atoms with Crippen molar-refractivity contribution in [1.29, 1.82) is 0 Å². The molecule has 13 atom stereocenters. The third-order valence-corrected chi connectivity index (χ3v) is 11.8. The molecule has 0 aliphatic heterocycles. The summed E-state index contributed by atoms with van der Waals surface area (Å²) in [6, 6.07) is 0. The Balaban J connectivity index is 1.50. The highest BCUT2D eigenvalue weighted by atomic mass is 15.2. The maximum atomic E-state index is 2.67. The normalized spacial score (nSPS) is 99.8. The number of fused-ring (bicyclic) bond motifs is 2. The van der Waals surface area contributed by atoms with Crippen LogP contribution in [0.3, 0.4) is 0 Å². The molecule has 0 aromatic carbocycles. The Kier molecular flexibility index (Phi) is 0.716. The molecule has 8 aliphatic rings. The largest absolute Gasteiger partial charge is 0.0619 e. The average Bonchev–Trinajstić information content (AvgIpc) is 2.26. The van der Waals surface area contributed by atoms with E-state index in [9.17, 15) is 0 Å². The van der Waals surface area contributed by atoms with Crippen molar-refractivity contribution in [2.24, 2.45) is 74.9 Å². The molecule has 0 N–H and O–H groups in total. The van der Waals surface area contributed by atoms with Crippen molar-refractivity contribution >= 4 is 0 Å². The molecule has 0 saturated heterocycles. The maximum Gasteiger partial charge on any atom is -0.00948 e. The molecule has 0 aromatic rings. The summed E-state index contributed by atoms with van der Waals surface area (Å²) in [4.78, 5) is 0. The van der Waals surface area contributed by atoms with Gasteiger partial charge >= 0.3 is 0 Å². The first kappa shape index (κ1) is 8.32. The molecule has 8 saturated carbocycles. The first-order chi connectivity index (χ1) is 8.67. The zero-order valence-electron chi connectivity index (χ0n) is 11.6. The fraction of sp³-hybridized carbons (Fsp3) is 1.00. The summed E-state index contributed by atoms with van der Waals surface area (Å²) in [5.74, 6) is 10.8. The van der Waals surface area contributed by atoms with Crippen LogP contribution < -0.4 is 0 Å². The first-order valence-corrected chi connectivity index (χ1v) is 8.67. The van der Waals surface area contributed by atoms with E-state index < -0.39 is 0 Å². The van der Waals surface area contributed by atoms with Crippen molar-refractivity contribution in [3.8, 4) is 0 Å². The summed E-state index contributed by atoms with van der Waals surface area (Å²) in [6.07, 6.45) is 3.34. The van der Waals surface area contributed by atoms with E-state index in [0.717, 1.165) is 39.4 Å². The Morgan fingerprint density at radius 3 is 2.06 bits per heavy atom. The lowest BCUT2D eigenvalue weighted by Crippen LogP contribution is -3.21. The van der Waals surface area contributed by atoms with Gasteiger partial charge in [0.15, 0.2) is 0 Å². The Labute approximate surface area is 109 Å². The molecule has 94 valence electrons. The Bertz CT molecular complexity index is 593. The molecule has 4 spiro atoms. The van der Waals surface area contributed by atoms with Gasteiger partial charge in [-0.2, -0.15) is 0 Å². The second-order valence-corrected chi connectivity index (χ2v) is 9.86. The minimum Gasteiger partial charge on any atom is -0.0619 e. The Morgan fingerprint density at radius 1 is 0.611 bits per heavy atom. The molecule has 0 amide bonds. The van der Waals surface area contributed by atoms with E-state index in [0.29, 0.717) is 0 Å². The van der Waals surface area contributed by atoms with E-state index in [1.54, 1.807) is 12.8 Å². The quantitative estimate of drug-likeness (QED) is 0.606. The van der Waals surface area contributed by atoms with Gasteiger partial charge in [-0.15, -0.1) is 0 Å². The summed E-state index contributed by atoms with van der Waals surface area (Å²) in [7, 11) is 0. The highest BCUT2D eigenvalue weighted by Gasteiger charge is 3.21. The van der Waals surface area contributed by atoms with Crippen LogP contribution in [-0.2, 0) is 0 Å². The van der Waals surface area contributed by atoms with Gasteiger partial charge in [-0.05, 0) is 87.8 Å². The second kappa shape index (κ2) is 1.55. The molecule has 8 aliphatic carbocycles. The lowest BCUT2D eigenvalue weighted by Gasteiger charge is -3.23. The SMILES string of the molecule is CC1C2C(C)C34C(C)C5C[C@H]6[C@H]7CC8C1C23C87C564. The van der Waals surface area contributed by atoms with Crippen molar-refractivity contribution in [2.45, 2.75) is 33.6 Å². The molecule has 0 heteroatoms. The fourth-order valence-electron chi connectivity index (χ4n) is 13.2. The van der Waals surface area contributed by atoms with Gasteiger partial charge in [0.25, 0.3) is 0 Å². The molecule has 0 heterocycles. The maximum absolute atomic E-state index is 2.67. The third kappa shape index (κ3) is 0.268. The van der Waals surface area contributed by atoms with Gasteiger partial charge < -0.3 is 0 Å². The molecular formula is C18H22. The van der Waals surface area contributed by atoms with E-state index >= 15 is 0 Å². The van der Waals surface area contributed by atoms with Crippen molar-refractivity contribution in [3.63, 3.8) is 0 Å². The molecule has 0 bridgehead atoms. The van der Waals surface area contributed by atoms with Gasteiger partial charge in [0.2, 0.25) is 0 Å². The number of hydrogen-bond donors (Lipinski definition) is 0. The summed E-state index contributed by atoms with van der Waals surface area (Å²) >= 11 is 0. The van der Waals surface area contributed by atoms with Gasteiger partial charge in [0, 0.05) is 0 Å². The van der Waals surface area contributed by atoms with E-state index in [2.05, 4.69) is 20.8 Å². The van der Waals surface area contributed by atoms with E-state index in [1.807, 2.05) is 0 Å². The van der Waals surface area contributed by atoms with Crippen LogP contribution in [0.2, 0.25) is 0 Å². The molecule has 8 rings (SSSR count). The monoisotopic (exact) mass is 238 g/mol. The molecule has 11 unspecified atom stereocenters. The summed E-state index contributed by atoms with van der Waals surface area (Å²) in [5.41, 5.74) is 3.94. The lowest BCUT2D eigenvalue weighted by atomic mass is 8.80. The topological polar surface area (TPSA) is 0 Å². The standard InChI is InChI=1S/C18H22/c1-6-13-8(3)15-7(2)9-4-10-11-5-12-14(6)18(13,15)17(11,12)16(9,10)15/h6-14H,4-5H2,1-3H3/t6?,7?,8?,9?,10-,11+,12?,13?,14?,15?,16?,17?,18?/m0/s1. The van der Waals surface area contributed by atoms with Crippen LogP contribution in [0.1, 0.15) is 33.6 Å². The van der Waals surface area contributed by atoms with Gasteiger partial charge in [0.1, 0.15) is 0 Å². The molecular weight excluding hydrogens is 216 g/mol. The van der Waals surface area contributed by atoms with Gasteiger partial charge in [-0.1, -0.05) is 20.8 Å². The lowest BCUT2D eigenvalue weighted by molar-refractivity contribution is -0.777. The zero-order valence-corrected chi connectivity index (χ0v) is 11.6. The van der Waals surface area contributed by atoms with Gasteiger partial charge in [-0.3, -0.25) is 0 Å². The van der Waals surface area contributed by atoms with Crippen LogP contribution in [0, 0.1) is 74.9 Å². The third-order valence-electron chi connectivity index (χ3n) is 11.8. The molecule has 0 nitrogen and oxygen atoms in total. The summed E-state index contributed by atoms with van der Waals surface area (Å²) in [6.45, 7) is 7.96. The van der Waals surface area contributed by atoms with Crippen LogP contribution in [0.25, 0.3) is 0 Å². The van der Waals surface area contributed by atoms with E-state index in [1.165, 1.54) is 35.5 Å². The Hall–Kier alpha value is 0. The van der Waals surface area contributed by atoms with Crippen LogP contribution in [0.4, 0.5) is 0 Å². The zero-order chi connectivity index (χ0) is 11.6. The average molecular weight is 238 g/mol. The predicted octanol–water partition coefficient (Wildman–Crippen LogP) is 3.43. The van der Waals surface area contributed by atoms with Crippen molar-refractivity contribution in [2.75, 3.05) is 0 Å². The predicted molar refractivity (Wildman–Crippen MR) is 67.4 cm³/mol. The fourth-order valence-corrected chi connectivity index (χ4v) is 13.2. The van der Waals surface area contributed by atoms with Gasteiger partial charge in [-0.25, -0.2) is 0 Å². The van der Waals surface area contributed by atoms with Gasteiger partial charge in [0.05, 0.1) is 0 Å². The second-order valence-electron chi connectivity index (χ2n) is 9.86. The smallest absolute Gasteiger partial charge is 0.00948 e. The van der Waals surface area contributed by atoms with E-state index in [4.69, 9.17) is 0 Å². The van der Waals surface area contributed by atoms with Crippen LogP contribution in [-0.4, -0.2) is 0 Å². The minimum absolute atomic E-state index is 0.933. The molecule has 0 aromatic heterocycles. The molecule has 8 fully saturated rings. The van der Waals surface area contributed by atoms with Crippen molar-refractivity contribution in [1.82, 2.24) is 0 Å². The van der Waals surface area contributed by atoms with Crippen LogP contribution in [0.5, 0.6) is 0 Å². The van der Waals surface area contributed by atoms with Crippen LogP contribution >= 0.6 is 0 Å². The van der Waals surface area contributed by atoms with Crippen molar-refractivity contribution < 1.29 is 0 Å². The highest BCUT2D eigenvalue weighted by Crippen LogP contribution is 3.23. The summed E-state index contributed by atoms with van der Waals surface area (Å²) < 4.78 is 0. The number of hydrogen-bond acceptors (Lipinski definition) is 0. The van der Waals surface area contributed by atoms with E-state index in [-0.39, 0.29) is 0 Å². The highest BCUT2D eigenvalue weighted by molar-refractivity contribution is 5.66. The molecule has 0 radical (unpaired) electrons. The number of rotatable bonds is 0. The first-order valence-electron chi connectivity index (χ1n) is 8.67. The van der Waals surface area contributed by atoms with Crippen LogP contribution in [0.15, 0.2) is 0 Å². The Morgan fingerprint density at radius 2 is 1.28 bits per heavy atom.